The average molecular weight is 469 g/mol. The normalized spacial score (nSPS) is 48.6. The molecule has 1 saturated heterocycles. The Morgan fingerprint density at radius 2 is 1.91 bits per heavy atom. The van der Waals surface area contributed by atoms with Gasteiger partial charge >= 0.3 is 5.97 Å². The number of carbonyl (C=O) groups excluding carboxylic acids is 2. The first-order valence-electron chi connectivity index (χ1n) is 13.7. The van der Waals surface area contributed by atoms with Crippen molar-refractivity contribution in [2.24, 2.45) is 52.3 Å². The van der Waals surface area contributed by atoms with Crippen molar-refractivity contribution in [2.75, 3.05) is 0 Å². The molecule has 5 rings (SSSR count). The highest BCUT2D eigenvalue weighted by molar-refractivity contribution is 5.98. The third kappa shape index (κ3) is 3.26. The lowest BCUT2D eigenvalue weighted by Crippen LogP contribution is -2.64. The topological polar surface area (TPSA) is 55.9 Å². The molecule has 11 atom stereocenters. The summed E-state index contributed by atoms with van der Waals surface area (Å²) in [6, 6.07) is 0. The van der Waals surface area contributed by atoms with Gasteiger partial charge in [-0.15, -0.1) is 0 Å². The van der Waals surface area contributed by atoms with Gasteiger partial charge in [0, 0.05) is 12.8 Å². The van der Waals surface area contributed by atoms with E-state index in [4.69, 9.17) is 9.47 Å². The van der Waals surface area contributed by atoms with Crippen molar-refractivity contribution in [3.63, 3.8) is 0 Å². The summed E-state index contributed by atoms with van der Waals surface area (Å²) in [6.07, 6.45) is 13.6. The summed E-state index contributed by atoms with van der Waals surface area (Å²) in [5, 5.41) is 0. The number of ketones is 1. The van der Waals surface area contributed by atoms with Crippen LogP contribution in [0.1, 0.15) is 80.6 Å². The number of allylic oxidation sites excluding steroid dienone is 3. The van der Waals surface area contributed by atoms with Gasteiger partial charge in [0.2, 0.25) is 0 Å². The van der Waals surface area contributed by atoms with Gasteiger partial charge in [-0.3, -0.25) is 9.59 Å². The fourth-order valence-corrected chi connectivity index (χ4v) is 9.12. The lowest BCUT2D eigenvalue weighted by Gasteiger charge is -2.59. The SMILES string of the molecule is CC(=O)O[C@@H]1C[C@]2(C)[C@@H](C(C)/C=C/[C@H](C)C(C)C)CC[C@H]2[C@@H]2C[C@H]3O[C@]34CC=CC(=O)[C@]4(C)[C@H]21. The lowest BCUT2D eigenvalue weighted by molar-refractivity contribution is -0.186. The van der Waals surface area contributed by atoms with Crippen LogP contribution in [0.15, 0.2) is 24.3 Å². The summed E-state index contributed by atoms with van der Waals surface area (Å²) in [7, 11) is 0. The molecule has 0 amide bonds. The van der Waals surface area contributed by atoms with E-state index in [1.165, 1.54) is 19.8 Å². The molecule has 5 aliphatic rings. The summed E-state index contributed by atoms with van der Waals surface area (Å²) in [5.74, 6) is 3.15. The van der Waals surface area contributed by atoms with Crippen LogP contribution in [0, 0.1) is 52.3 Å². The average Bonchev–Trinajstić information content (AvgIpc) is 3.35. The smallest absolute Gasteiger partial charge is 0.302 e. The molecular formula is C30H44O4. The summed E-state index contributed by atoms with van der Waals surface area (Å²) >= 11 is 0. The molecule has 0 aromatic heterocycles. The van der Waals surface area contributed by atoms with E-state index in [0.717, 1.165) is 19.3 Å². The van der Waals surface area contributed by atoms with Crippen LogP contribution in [0.25, 0.3) is 0 Å². The monoisotopic (exact) mass is 468 g/mol. The third-order valence-corrected chi connectivity index (χ3v) is 11.3. The van der Waals surface area contributed by atoms with Crippen molar-refractivity contribution >= 4 is 11.8 Å². The van der Waals surface area contributed by atoms with E-state index in [2.05, 4.69) is 53.7 Å². The molecule has 0 aromatic carbocycles. The number of epoxide rings is 1. The Labute approximate surface area is 205 Å². The maximum absolute atomic E-state index is 13.5. The second-order valence-electron chi connectivity index (χ2n) is 13.1. The molecule has 4 nitrogen and oxygen atoms in total. The van der Waals surface area contributed by atoms with Crippen molar-refractivity contribution in [1.29, 1.82) is 0 Å². The second kappa shape index (κ2) is 8.05. The van der Waals surface area contributed by atoms with Crippen LogP contribution in [-0.4, -0.2) is 29.6 Å². The quantitative estimate of drug-likeness (QED) is 0.276. The van der Waals surface area contributed by atoms with Crippen LogP contribution in [0.5, 0.6) is 0 Å². The molecule has 0 radical (unpaired) electrons. The summed E-state index contributed by atoms with van der Waals surface area (Å²) in [4.78, 5) is 25.8. The number of rotatable bonds is 5. The standard InChI is InChI=1S/C30H44O4/c1-17(2)18(3)10-11-19(4)22-12-13-23-21-15-26-30(34-26)14-8-9-25(32)29(30,7)27(21)24(33-20(5)31)16-28(22,23)6/h8-11,17-19,21-24,26-27H,12-16H2,1-7H3/b11-10+/t18-,19?,21-,22+,23-,24+,26+,27+,28+,29+,30+/m0/s1. The molecule has 0 N–H and O–H groups in total. The number of carbonyl (C=O) groups is 2. The Balaban J connectivity index is 1.50. The first-order chi connectivity index (χ1) is 16.0. The van der Waals surface area contributed by atoms with Crippen molar-refractivity contribution < 1.29 is 19.1 Å². The third-order valence-electron chi connectivity index (χ3n) is 11.3. The van der Waals surface area contributed by atoms with E-state index >= 15 is 0 Å². The van der Waals surface area contributed by atoms with Gasteiger partial charge in [-0.25, -0.2) is 0 Å². The molecule has 4 aliphatic carbocycles. The van der Waals surface area contributed by atoms with E-state index in [0.29, 0.717) is 35.5 Å². The zero-order valence-corrected chi connectivity index (χ0v) is 22.2. The molecule has 1 unspecified atom stereocenters. The Bertz CT molecular complexity index is 919. The van der Waals surface area contributed by atoms with Crippen LogP contribution in [0.3, 0.4) is 0 Å². The fraction of sp³-hybridized carbons (Fsp3) is 0.800. The number of ether oxygens (including phenoxy) is 2. The molecule has 4 fully saturated rings. The summed E-state index contributed by atoms with van der Waals surface area (Å²) in [5.41, 5.74) is -0.884. The Kier molecular flexibility index (Phi) is 5.75. The van der Waals surface area contributed by atoms with Crippen LogP contribution in [0.2, 0.25) is 0 Å². The van der Waals surface area contributed by atoms with E-state index in [9.17, 15) is 9.59 Å². The molecule has 1 spiro atoms. The van der Waals surface area contributed by atoms with E-state index in [1.54, 1.807) is 6.08 Å². The van der Waals surface area contributed by atoms with Crippen LogP contribution < -0.4 is 0 Å². The lowest BCUT2D eigenvalue weighted by atomic mass is 9.44. The maximum Gasteiger partial charge on any atom is 0.302 e. The van der Waals surface area contributed by atoms with Crippen LogP contribution in [-0.2, 0) is 19.1 Å². The minimum atomic E-state index is -0.604. The predicted molar refractivity (Wildman–Crippen MR) is 133 cm³/mol. The Morgan fingerprint density at radius 3 is 2.59 bits per heavy atom. The van der Waals surface area contributed by atoms with Crippen molar-refractivity contribution in [1.82, 2.24) is 0 Å². The molecular weight excluding hydrogens is 424 g/mol. The highest BCUT2D eigenvalue weighted by atomic mass is 16.6. The van der Waals surface area contributed by atoms with Gasteiger partial charge in [0.05, 0.1) is 11.5 Å². The molecule has 3 saturated carbocycles. The van der Waals surface area contributed by atoms with Gasteiger partial charge in [0.25, 0.3) is 0 Å². The van der Waals surface area contributed by atoms with E-state index in [-0.39, 0.29) is 40.9 Å². The Morgan fingerprint density at radius 1 is 1.18 bits per heavy atom. The summed E-state index contributed by atoms with van der Waals surface area (Å²) < 4.78 is 12.5. The highest BCUT2D eigenvalue weighted by Crippen LogP contribution is 2.73. The highest BCUT2D eigenvalue weighted by Gasteiger charge is 2.79. The molecule has 0 aromatic rings. The van der Waals surface area contributed by atoms with Gasteiger partial charge in [-0.05, 0) is 86.0 Å². The molecule has 188 valence electrons. The number of hydrogen-bond acceptors (Lipinski definition) is 4. The first-order valence-corrected chi connectivity index (χ1v) is 13.7. The first kappa shape index (κ1) is 24.3. The van der Waals surface area contributed by atoms with Crippen molar-refractivity contribution in [2.45, 2.75) is 98.4 Å². The van der Waals surface area contributed by atoms with Gasteiger partial charge in [-0.1, -0.05) is 52.8 Å². The number of fused-ring (bicyclic) bond motifs is 4. The minimum Gasteiger partial charge on any atom is -0.462 e. The zero-order chi connectivity index (χ0) is 24.6. The van der Waals surface area contributed by atoms with Crippen molar-refractivity contribution in [3.8, 4) is 0 Å². The number of esters is 1. The molecule has 0 bridgehead atoms. The molecule has 1 heterocycles. The van der Waals surface area contributed by atoms with Crippen molar-refractivity contribution in [3.05, 3.63) is 24.3 Å². The maximum atomic E-state index is 13.5. The molecule has 4 heteroatoms. The van der Waals surface area contributed by atoms with Gasteiger partial charge in [0.1, 0.15) is 11.7 Å². The summed E-state index contributed by atoms with van der Waals surface area (Å²) in [6.45, 7) is 15.3. The predicted octanol–water partition coefficient (Wildman–Crippen LogP) is 6.15. The minimum absolute atomic E-state index is 0.0382. The Hall–Kier alpha value is -1.42. The van der Waals surface area contributed by atoms with Crippen LogP contribution in [0.4, 0.5) is 0 Å². The van der Waals surface area contributed by atoms with Crippen LogP contribution >= 0.6 is 0 Å². The molecule has 1 aliphatic heterocycles. The molecule has 34 heavy (non-hydrogen) atoms. The van der Waals surface area contributed by atoms with E-state index in [1.807, 2.05) is 6.08 Å². The zero-order valence-electron chi connectivity index (χ0n) is 22.2. The van der Waals surface area contributed by atoms with Gasteiger partial charge in [-0.2, -0.15) is 0 Å². The largest absolute Gasteiger partial charge is 0.462 e. The van der Waals surface area contributed by atoms with Gasteiger partial charge < -0.3 is 9.47 Å². The fourth-order valence-electron chi connectivity index (χ4n) is 9.12. The van der Waals surface area contributed by atoms with Gasteiger partial charge in [0.15, 0.2) is 5.78 Å². The number of hydrogen-bond donors (Lipinski definition) is 0. The van der Waals surface area contributed by atoms with E-state index < -0.39 is 5.41 Å². The second-order valence-corrected chi connectivity index (χ2v) is 13.1.